The number of hydrogen-bond acceptors (Lipinski definition) is 3. The second-order valence-electron chi connectivity index (χ2n) is 2.77. The quantitative estimate of drug-likeness (QED) is 0.714. The highest BCUT2D eigenvalue weighted by Gasteiger charge is 1.92. The van der Waals surface area contributed by atoms with Crippen LogP contribution in [0.4, 0.5) is 0 Å². The zero-order valence-corrected chi connectivity index (χ0v) is 8.17. The van der Waals surface area contributed by atoms with Crippen molar-refractivity contribution >= 4 is 24.0 Å². The van der Waals surface area contributed by atoms with E-state index in [0.29, 0.717) is 9.20 Å². The molecule has 4 heteroatoms. The van der Waals surface area contributed by atoms with E-state index in [1.165, 1.54) is 11.3 Å². The molecule has 0 unspecified atom stereocenters. The summed E-state index contributed by atoms with van der Waals surface area (Å²) in [5.74, 6) is 0. The van der Waals surface area contributed by atoms with Gasteiger partial charge in [-0.1, -0.05) is 6.58 Å². The predicted molar refractivity (Wildman–Crippen MR) is 57.5 cm³/mol. The number of pyridine rings is 1. The van der Waals surface area contributed by atoms with E-state index in [2.05, 4.69) is 16.5 Å². The number of nitrogens with zero attached hydrogens (tertiary/aromatic N) is 1. The van der Waals surface area contributed by atoms with E-state index in [1.807, 2.05) is 18.2 Å². The Morgan fingerprint density at radius 3 is 2.71 bits per heavy atom. The van der Waals surface area contributed by atoms with E-state index in [4.69, 9.17) is 0 Å². The van der Waals surface area contributed by atoms with Crippen LogP contribution < -0.4 is 14.8 Å². The molecular formula is C10H8N2OS. The Hall–Kier alpha value is -1.68. The van der Waals surface area contributed by atoms with E-state index in [1.54, 1.807) is 12.4 Å². The van der Waals surface area contributed by atoms with Gasteiger partial charge in [-0.15, -0.1) is 11.3 Å². The Labute approximate surface area is 84.1 Å². The molecule has 0 saturated heterocycles. The van der Waals surface area contributed by atoms with Crippen LogP contribution in [0.2, 0.25) is 0 Å². The van der Waals surface area contributed by atoms with Gasteiger partial charge in [0, 0.05) is 12.4 Å². The molecule has 0 amide bonds. The summed E-state index contributed by atoms with van der Waals surface area (Å²) in [5, 5.41) is 0. The summed E-state index contributed by atoms with van der Waals surface area (Å²) < 4.78 is 1.34. The molecule has 0 aromatic carbocycles. The summed E-state index contributed by atoms with van der Waals surface area (Å²) in [6.07, 6.45) is 5.21. The average Bonchev–Trinajstić information content (AvgIpc) is 2.47. The first-order valence-electron chi connectivity index (χ1n) is 4.05. The third-order valence-electron chi connectivity index (χ3n) is 1.71. The van der Waals surface area contributed by atoms with Crippen molar-refractivity contribution in [3.05, 3.63) is 49.6 Å². The highest BCUT2D eigenvalue weighted by Crippen LogP contribution is 1.95. The smallest absolute Gasteiger partial charge is 0.266 e. The molecule has 0 aliphatic heterocycles. The summed E-state index contributed by atoms with van der Waals surface area (Å²) in [4.78, 5) is 17.8. The van der Waals surface area contributed by atoms with Crippen molar-refractivity contribution in [3.63, 3.8) is 0 Å². The number of hydrogen-bond donors (Lipinski definition) is 1. The van der Waals surface area contributed by atoms with Crippen molar-refractivity contribution in [1.29, 1.82) is 0 Å². The monoisotopic (exact) mass is 204 g/mol. The van der Waals surface area contributed by atoms with Gasteiger partial charge in [-0.2, -0.15) is 0 Å². The van der Waals surface area contributed by atoms with E-state index in [-0.39, 0.29) is 5.56 Å². The summed E-state index contributed by atoms with van der Waals surface area (Å²) in [7, 11) is 0. The van der Waals surface area contributed by atoms with Crippen LogP contribution in [-0.2, 0) is 0 Å². The van der Waals surface area contributed by atoms with Crippen molar-refractivity contribution in [2.45, 2.75) is 0 Å². The number of thiazole rings is 1. The largest absolute Gasteiger partial charge is 0.313 e. The molecule has 0 atom stereocenters. The molecule has 14 heavy (non-hydrogen) atoms. The first-order chi connectivity index (χ1) is 6.75. The standard InChI is InChI=1S/C10H8N2OS/c1-7-12-10(13)9(14-7)6-8-2-4-11-5-3-8/h2-6H,1H2,(H,12,13). The molecule has 2 aromatic rings. The van der Waals surface area contributed by atoms with Gasteiger partial charge < -0.3 is 4.98 Å². The molecule has 0 bridgehead atoms. The molecule has 70 valence electrons. The Kier molecular flexibility index (Phi) is 2.28. The van der Waals surface area contributed by atoms with Gasteiger partial charge in [0.1, 0.15) is 0 Å². The molecule has 0 saturated carbocycles. The van der Waals surface area contributed by atoms with Crippen molar-refractivity contribution < 1.29 is 0 Å². The summed E-state index contributed by atoms with van der Waals surface area (Å²) >= 11 is 1.35. The number of aromatic nitrogens is 2. The Morgan fingerprint density at radius 1 is 1.43 bits per heavy atom. The van der Waals surface area contributed by atoms with E-state index < -0.39 is 0 Å². The molecule has 0 aliphatic rings. The van der Waals surface area contributed by atoms with Crippen molar-refractivity contribution in [2.75, 3.05) is 0 Å². The topological polar surface area (TPSA) is 45.8 Å². The van der Waals surface area contributed by atoms with Gasteiger partial charge in [-0.25, -0.2) is 0 Å². The predicted octanol–water partition coefficient (Wildman–Crippen LogP) is 0.0705. The van der Waals surface area contributed by atoms with Gasteiger partial charge >= 0.3 is 0 Å². The fourth-order valence-corrected chi connectivity index (χ4v) is 1.85. The average molecular weight is 204 g/mol. The molecular weight excluding hydrogens is 196 g/mol. The lowest BCUT2D eigenvalue weighted by molar-refractivity contribution is 1.26. The van der Waals surface area contributed by atoms with Gasteiger partial charge in [0.15, 0.2) is 0 Å². The first kappa shape index (κ1) is 8.90. The molecule has 0 spiro atoms. The highest BCUT2D eigenvalue weighted by atomic mass is 32.1. The lowest BCUT2D eigenvalue weighted by Gasteiger charge is -1.86. The fourth-order valence-electron chi connectivity index (χ4n) is 1.10. The first-order valence-corrected chi connectivity index (χ1v) is 4.87. The van der Waals surface area contributed by atoms with Crippen LogP contribution in [0.25, 0.3) is 12.7 Å². The van der Waals surface area contributed by atoms with Crippen molar-refractivity contribution in [1.82, 2.24) is 9.97 Å². The zero-order chi connectivity index (χ0) is 9.97. The summed E-state index contributed by atoms with van der Waals surface area (Å²) in [5.41, 5.74) is 0.879. The van der Waals surface area contributed by atoms with Gasteiger partial charge in [-0.3, -0.25) is 9.78 Å². The molecule has 3 nitrogen and oxygen atoms in total. The Balaban J connectivity index is 2.61. The van der Waals surface area contributed by atoms with Gasteiger partial charge in [-0.05, 0) is 23.8 Å². The minimum Gasteiger partial charge on any atom is -0.313 e. The van der Waals surface area contributed by atoms with Gasteiger partial charge in [0.05, 0.1) is 9.20 Å². The van der Waals surface area contributed by atoms with Crippen LogP contribution in [0.15, 0.2) is 29.3 Å². The lowest BCUT2D eigenvalue weighted by atomic mass is 10.2. The van der Waals surface area contributed by atoms with Crippen LogP contribution in [0.5, 0.6) is 0 Å². The van der Waals surface area contributed by atoms with Crippen LogP contribution >= 0.6 is 11.3 Å². The van der Waals surface area contributed by atoms with E-state index >= 15 is 0 Å². The minimum absolute atomic E-state index is 0.0863. The maximum atomic E-state index is 11.3. The number of H-pyrrole nitrogens is 1. The van der Waals surface area contributed by atoms with Crippen molar-refractivity contribution in [2.24, 2.45) is 0 Å². The summed E-state index contributed by atoms with van der Waals surface area (Å²) in [6.45, 7) is 3.67. The van der Waals surface area contributed by atoms with E-state index in [9.17, 15) is 4.79 Å². The molecule has 0 radical (unpaired) electrons. The van der Waals surface area contributed by atoms with Gasteiger partial charge in [0.25, 0.3) is 5.56 Å². The zero-order valence-electron chi connectivity index (χ0n) is 7.36. The molecule has 0 fully saturated rings. The second-order valence-corrected chi connectivity index (χ2v) is 3.91. The van der Waals surface area contributed by atoms with Crippen LogP contribution in [-0.4, -0.2) is 9.97 Å². The molecule has 2 rings (SSSR count). The minimum atomic E-state index is -0.0863. The highest BCUT2D eigenvalue weighted by molar-refractivity contribution is 7.07. The third-order valence-corrected chi connectivity index (χ3v) is 2.59. The second kappa shape index (κ2) is 3.59. The molecule has 2 aromatic heterocycles. The van der Waals surface area contributed by atoms with Crippen LogP contribution in [0.1, 0.15) is 5.56 Å². The Morgan fingerprint density at radius 2 is 2.14 bits per heavy atom. The Bertz CT molecular complexity index is 583. The molecule has 2 heterocycles. The van der Waals surface area contributed by atoms with Crippen LogP contribution in [0.3, 0.4) is 0 Å². The number of aromatic amines is 1. The van der Waals surface area contributed by atoms with E-state index in [0.717, 1.165) is 5.56 Å². The number of rotatable bonds is 1. The molecule has 0 aliphatic carbocycles. The lowest BCUT2D eigenvalue weighted by Crippen LogP contribution is -2.19. The van der Waals surface area contributed by atoms with Gasteiger partial charge in [0.2, 0.25) is 0 Å². The number of nitrogens with one attached hydrogen (secondary N) is 1. The summed E-state index contributed by atoms with van der Waals surface area (Å²) in [6, 6.07) is 3.70. The SMILES string of the molecule is C=c1[nH]c(=O)c(=Cc2ccncc2)s1. The maximum absolute atomic E-state index is 11.3. The fraction of sp³-hybridized carbons (Fsp3) is 0. The maximum Gasteiger partial charge on any atom is 0.266 e. The third kappa shape index (κ3) is 1.80. The molecule has 1 N–H and O–H groups in total. The van der Waals surface area contributed by atoms with Crippen LogP contribution in [0, 0.1) is 0 Å². The normalized spacial score (nSPS) is 11.9. The van der Waals surface area contributed by atoms with Crippen molar-refractivity contribution in [3.8, 4) is 0 Å².